The van der Waals surface area contributed by atoms with Crippen LogP contribution in [0.5, 0.6) is 17.2 Å². The first kappa shape index (κ1) is 18.2. The number of hydrogen-bond donors (Lipinski definition) is 1. The summed E-state index contributed by atoms with van der Waals surface area (Å²) in [7, 11) is 0. The van der Waals surface area contributed by atoms with Crippen LogP contribution in [0.3, 0.4) is 0 Å². The Morgan fingerprint density at radius 2 is 1.33 bits per heavy atom. The highest BCUT2D eigenvalue weighted by Gasteiger charge is 2.10. The van der Waals surface area contributed by atoms with Crippen LogP contribution in [0.25, 0.3) is 11.1 Å². The quantitative estimate of drug-likeness (QED) is 0.546. The van der Waals surface area contributed by atoms with Crippen molar-refractivity contribution < 1.29 is 24.2 Å². The molecule has 0 aliphatic heterocycles. The van der Waals surface area contributed by atoms with Gasteiger partial charge in [0.1, 0.15) is 17.2 Å². The van der Waals surface area contributed by atoms with Gasteiger partial charge in [-0.3, -0.25) is 4.79 Å². The second-order valence-corrected chi connectivity index (χ2v) is 6.03. The second-order valence-electron chi connectivity index (χ2n) is 6.03. The minimum Gasteiger partial charge on any atom is -0.508 e. The van der Waals surface area contributed by atoms with Gasteiger partial charge >= 0.3 is 11.9 Å². The molecule has 0 aromatic heterocycles. The Hall–Kier alpha value is -3.60. The molecule has 3 aromatic rings. The molecule has 5 nitrogen and oxygen atoms in total. The summed E-state index contributed by atoms with van der Waals surface area (Å²) >= 11 is 0. The fraction of sp³-hybridized carbons (Fsp3) is 0.0909. The Kier molecular flexibility index (Phi) is 5.22. The SMILES string of the molecule is CC(=O)Oc1ccc(C(=O)Oc2ccc(-c3ccc(O)c(C)c3)cc2)cc1. The fourth-order valence-corrected chi connectivity index (χ4v) is 2.54. The van der Waals surface area contributed by atoms with Crippen LogP contribution in [0.15, 0.2) is 66.7 Å². The number of aryl methyl sites for hydroxylation is 1. The zero-order valence-electron chi connectivity index (χ0n) is 14.9. The van der Waals surface area contributed by atoms with E-state index in [1.54, 1.807) is 18.2 Å². The average Bonchev–Trinajstić information content (AvgIpc) is 2.65. The Balaban J connectivity index is 1.69. The van der Waals surface area contributed by atoms with Gasteiger partial charge in [-0.2, -0.15) is 0 Å². The minimum atomic E-state index is -0.502. The summed E-state index contributed by atoms with van der Waals surface area (Å²) in [4.78, 5) is 23.1. The molecule has 0 saturated carbocycles. The van der Waals surface area contributed by atoms with Gasteiger partial charge < -0.3 is 14.6 Å². The number of phenols is 1. The lowest BCUT2D eigenvalue weighted by Crippen LogP contribution is -2.08. The largest absolute Gasteiger partial charge is 0.508 e. The van der Waals surface area contributed by atoms with E-state index in [0.29, 0.717) is 17.1 Å². The normalized spacial score (nSPS) is 10.3. The van der Waals surface area contributed by atoms with Crippen LogP contribution in [0.2, 0.25) is 0 Å². The van der Waals surface area contributed by atoms with E-state index < -0.39 is 11.9 Å². The van der Waals surface area contributed by atoms with E-state index in [9.17, 15) is 14.7 Å². The number of carbonyl (C=O) groups excluding carboxylic acids is 2. The van der Waals surface area contributed by atoms with Crippen LogP contribution in [-0.2, 0) is 4.79 Å². The van der Waals surface area contributed by atoms with Gasteiger partial charge in [-0.15, -0.1) is 0 Å². The van der Waals surface area contributed by atoms with Gasteiger partial charge in [0.15, 0.2) is 0 Å². The monoisotopic (exact) mass is 362 g/mol. The average molecular weight is 362 g/mol. The molecule has 5 heteroatoms. The summed E-state index contributed by atoms with van der Waals surface area (Å²) in [5.74, 6) is 0.117. The van der Waals surface area contributed by atoms with Gasteiger partial charge in [-0.1, -0.05) is 18.2 Å². The van der Waals surface area contributed by atoms with Crippen LogP contribution in [0.1, 0.15) is 22.8 Å². The van der Waals surface area contributed by atoms with Gasteiger partial charge in [-0.25, -0.2) is 4.79 Å². The molecule has 0 bridgehead atoms. The summed E-state index contributed by atoms with van der Waals surface area (Å²) in [5.41, 5.74) is 3.05. The predicted octanol–water partition coefficient (Wildman–Crippen LogP) is 4.51. The molecule has 0 amide bonds. The standard InChI is InChI=1S/C22H18O5/c1-14-13-18(7-12-21(14)24)16-3-8-20(9-4-16)27-22(25)17-5-10-19(11-6-17)26-15(2)23/h3-13,24H,1-2H3. The molecule has 27 heavy (non-hydrogen) atoms. The molecular formula is C22H18O5. The van der Waals surface area contributed by atoms with Crippen LogP contribution < -0.4 is 9.47 Å². The summed E-state index contributed by atoms with van der Waals surface area (Å²) in [6, 6.07) is 18.6. The maximum atomic E-state index is 12.2. The third-order valence-electron chi connectivity index (χ3n) is 3.95. The van der Waals surface area contributed by atoms with Crippen molar-refractivity contribution in [1.29, 1.82) is 0 Å². The summed E-state index contributed by atoms with van der Waals surface area (Å²) in [6.45, 7) is 3.15. The number of ether oxygens (including phenoxy) is 2. The Morgan fingerprint density at radius 3 is 1.93 bits per heavy atom. The molecule has 3 aromatic carbocycles. The molecule has 3 rings (SSSR count). The van der Waals surface area contributed by atoms with Crippen LogP contribution >= 0.6 is 0 Å². The number of aromatic hydroxyl groups is 1. The predicted molar refractivity (Wildman–Crippen MR) is 101 cm³/mol. The molecule has 0 fully saturated rings. The molecule has 0 aliphatic rings. The Labute approximate surface area is 156 Å². The Morgan fingerprint density at radius 1 is 0.778 bits per heavy atom. The minimum absolute atomic E-state index is 0.254. The molecular weight excluding hydrogens is 344 g/mol. The Bertz CT molecular complexity index is 973. The van der Waals surface area contributed by atoms with E-state index in [1.807, 2.05) is 31.2 Å². The van der Waals surface area contributed by atoms with Crippen molar-refractivity contribution in [2.75, 3.05) is 0 Å². The highest BCUT2D eigenvalue weighted by atomic mass is 16.5. The van der Waals surface area contributed by atoms with Crippen LogP contribution in [0.4, 0.5) is 0 Å². The zero-order valence-corrected chi connectivity index (χ0v) is 14.9. The maximum Gasteiger partial charge on any atom is 0.343 e. The van der Waals surface area contributed by atoms with Gasteiger partial charge in [0.05, 0.1) is 5.56 Å². The van der Waals surface area contributed by atoms with E-state index in [2.05, 4.69) is 0 Å². The molecule has 136 valence electrons. The van der Waals surface area contributed by atoms with E-state index in [0.717, 1.165) is 16.7 Å². The van der Waals surface area contributed by atoms with Crippen molar-refractivity contribution >= 4 is 11.9 Å². The number of carbonyl (C=O) groups is 2. The third-order valence-corrected chi connectivity index (χ3v) is 3.95. The van der Waals surface area contributed by atoms with Gasteiger partial charge in [0.2, 0.25) is 0 Å². The molecule has 0 spiro atoms. The van der Waals surface area contributed by atoms with Crippen molar-refractivity contribution in [3.8, 4) is 28.4 Å². The first-order valence-electron chi connectivity index (χ1n) is 8.33. The first-order chi connectivity index (χ1) is 12.9. The van der Waals surface area contributed by atoms with Crippen LogP contribution in [-0.4, -0.2) is 17.0 Å². The highest BCUT2D eigenvalue weighted by Crippen LogP contribution is 2.27. The van der Waals surface area contributed by atoms with Crippen molar-refractivity contribution in [3.63, 3.8) is 0 Å². The van der Waals surface area contributed by atoms with Crippen molar-refractivity contribution in [2.45, 2.75) is 13.8 Å². The van der Waals surface area contributed by atoms with E-state index in [-0.39, 0.29) is 5.75 Å². The van der Waals surface area contributed by atoms with Gasteiger partial charge in [0, 0.05) is 6.92 Å². The topological polar surface area (TPSA) is 72.8 Å². The van der Waals surface area contributed by atoms with Crippen molar-refractivity contribution in [1.82, 2.24) is 0 Å². The molecule has 1 N–H and O–H groups in total. The first-order valence-corrected chi connectivity index (χ1v) is 8.33. The smallest absolute Gasteiger partial charge is 0.343 e. The van der Waals surface area contributed by atoms with E-state index >= 15 is 0 Å². The molecule has 0 atom stereocenters. The van der Waals surface area contributed by atoms with Gasteiger partial charge in [-0.05, 0) is 72.1 Å². The maximum absolute atomic E-state index is 12.2. The lowest BCUT2D eigenvalue weighted by atomic mass is 10.0. The molecule has 0 aliphatic carbocycles. The van der Waals surface area contributed by atoms with E-state index in [1.165, 1.54) is 31.2 Å². The summed E-state index contributed by atoms with van der Waals surface area (Å²) in [5, 5.41) is 9.62. The van der Waals surface area contributed by atoms with Gasteiger partial charge in [0.25, 0.3) is 0 Å². The number of hydrogen-bond acceptors (Lipinski definition) is 5. The summed E-state index contributed by atoms with van der Waals surface area (Å²) in [6.07, 6.45) is 0. The molecule has 0 unspecified atom stereocenters. The van der Waals surface area contributed by atoms with E-state index in [4.69, 9.17) is 9.47 Å². The molecule has 0 saturated heterocycles. The van der Waals surface area contributed by atoms with Crippen LogP contribution in [0, 0.1) is 6.92 Å². The fourth-order valence-electron chi connectivity index (χ4n) is 2.54. The number of benzene rings is 3. The van der Waals surface area contributed by atoms with Crippen molar-refractivity contribution in [3.05, 3.63) is 77.9 Å². The second kappa shape index (κ2) is 7.74. The van der Waals surface area contributed by atoms with Crippen molar-refractivity contribution in [2.24, 2.45) is 0 Å². The third kappa shape index (κ3) is 4.52. The number of esters is 2. The zero-order chi connectivity index (χ0) is 19.4. The number of rotatable bonds is 4. The summed E-state index contributed by atoms with van der Waals surface area (Å²) < 4.78 is 10.3. The number of phenolic OH excluding ortho intramolecular Hbond substituents is 1. The lowest BCUT2D eigenvalue weighted by molar-refractivity contribution is -0.131. The molecule has 0 heterocycles. The molecule has 0 radical (unpaired) electrons. The highest BCUT2D eigenvalue weighted by molar-refractivity contribution is 5.91. The lowest BCUT2D eigenvalue weighted by Gasteiger charge is -2.08.